The van der Waals surface area contributed by atoms with Crippen molar-refractivity contribution < 1.29 is 4.79 Å². The number of hydrogen-bond donors (Lipinski definition) is 2. The molecule has 4 aliphatic carbocycles. The van der Waals surface area contributed by atoms with Gasteiger partial charge in [-0.1, -0.05) is 23.7 Å². The Balaban J connectivity index is 1.18. The first-order valence-corrected chi connectivity index (χ1v) is 13.8. The molecule has 37 heavy (non-hydrogen) atoms. The topological polar surface area (TPSA) is 82.7 Å². The molecule has 0 aliphatic heterocycles. The van der Waals surface area contributed by atoms with Crippen molar-refractivity contribution in [2.24, 2.45) is 23.7 Å². The van der Waals surface area contributed by atoms with Crippen LogP contribution in [-0.4, -0.2) is 34.8 Å². The zero-order valence-electron chi connectivity index (χ0n) is 21.1. The van der Waals surface area contributed by atoms with Gasteiger partial charge >= 0.3 is 0 Å². The van der Waals surface area contributed by atoms with Crippen LogP contribution in [0.25, 0.3) is 16.9 Å². The SMILES string of the molecule is Cc1c(C(=O)NCCNC2C3CC4CC(C3)CC2C4)nn(-c2ccc(C#N)cc2)c1-c1ccc(Cl)cc1. The smallest absolute Gasteiger partial charge is 0.272 e. The van der Waals surface area contributed by atoms with Gasteiger partial charge in [0.05, 0.1) is 23.0 Å². The lowest BCUT2D eigenvalue weighted by Gasteiger charge is -2.54. The predicted octanol–water partition coefficient (Wildman–Crippen LogP) is 5.52. The van der Waals surface area contributed by atoms with Gasteiger partial charge in [-0.05, 0) is 99.1 Å². The monoisotopic (exact) mass is 513 g/mol. The van der Waals surface area contributed by atoms with Gasteiger partial charge in [-0.2, -0.15) is 10.4 Å². The fraction of sp³-hybridized carbons (Fsp3) is 0.433. The number of rotatable bonds is 7. The molecule has 4 fully saturated rings. The summed E-state index contributed by atoms with van der Waals surface area (Å²) < 4.78 is 1.78. The third kappa shape index (κ3) is 4.67. The Morgan fingerprint density at radius 1 is 1.00 bits per heavy atom. The van der Waals surface area contributed by atoms with Crippen molar-refractivity contribution in [3.63, 3.8) is 0 Å². The first-order valence-electron chi connectivity index (χ1n) is 13.4. The van der Waals surface area contributed by atoms with Crippen LogP contribution >= 0.6 is 11.6 Å². The van der Waals surface area contributed by atoms with Crippen molar-refractivity contribution >= 4 is 17.5 Å². The van der Waals surface area contributed by atoms with Crippen LogP contribution < -0.4 is 10.6 Å². The molecule has 4 aliphatic rings. The van der Waals surface area contributed by atoms with Gasteiger partial charge in [0, 0.05) is 35.3 Å². The van der Waals surface area contributed by atoms with Gasteiger partial charge in [-0.25, -0.2) is 4.68 Å². The molecule has 3 aromatic rings. The fourth-order valence-electron chi connectivity index (χ4n) is 7.28. The lowest BCUT2D eigenvalue weighted by atomic mass is 9.54. The van der Waals surface area contributed by atoms with Crippen molar-refractivity contribution in [2.75, 3.05) is 13.1 Å². The predicted molar refractivity (Wildman–Crippen MR) is 145 cm³/mol. The zero-order valence-corrected chi connectivity index (χ0v) is 21.8. The highest BCUT2D eigenvalue weighted by Gasteiger charge is 2.47. The number of nitrogens with one attached hydrogen (secondary N) is 2. The number of aromatic nitrogens is 2. The van der Waals surface area contributed by atoms with Gasteiger partial charge in [0.1, 0.15) is 0 Å². The molecule has 7 rings (SSSR count). The summed E-state index contributed by atoms with van der Waals surface area (Å²) in [5.41, 5.74) is 4.32. The molecule has 6 nitrogen and oxygen atoms in total. The minimum absolute atomic E-state index is 0.174. The second-order valence-electron chi connectivity index (χ2n) is 11.1. The summed E-state index contributed by atoms with van der Waals surface area (Å²) >= 11 is 6.13. The summed E-state index contributed by atoms with van der Waals surface area (Å²) in [4.78, 5) is 13.3. The maximum Gasteiger partial charge on any atom is 0.272 e. The maximum absolute atomic E-state index is 13.3. The molecule has 7 heteroatoms. The molecule has 0 spiro atoms. The number of carbonyl (C=O) groups excluding carboxylic acids is 1. The number of nitrogens with zero attached hydrogens (tertiary/aromatic N) is 3. The van der Waals surface area contributed by atoms with E-state index < -0.39 is 0 Å². The molecule has 0 unspecified atom stereocenters. The molecule has 4 saturated carbocycles. The molecule has 2 N–H and O–H groups in total. The first-order chi connectivity index (χ1) is 18.0. The van der Waals surface area contributed by atoms with Gasteiger partial charge in [-0.15, -0.1) is 0 Å². The van der Waals surface area contributed by atoms with Crippen molar-refractivity contribution in [3.05, 3.63) is 70.4 Å². The van der Waals surface area contributed by atoms with Crippen LogP contribution in [0.4, 0.5) is 0 Å². The minimum Gasteiger partial charge on any atom is -0.349 e. The molecular weight excluding hydrogens is 482 g/mol. The number of nitriles is 1. The van der Waals surface area contributed by atoms with E-state index >= 15 is 0 Å². The molecule has 2 aromatic carbocycles. The molecule has 0 atom stereocenters. The Morgan fingerprint density at radius 3 is 2.27 bits per heavy atom. The highest BCUT2D eigenvalue weighted by molar-refractivity contribution is 6.30. The van der Waals surface area contributed by atoms with Crippen LogP contribution in [0.2, 0.25) is 5.02 Å². The van der Waals surface area contributed by atoms with Crippen molar-refractivity contribution in [1.29, 1.82) is 5.26 Å². The van der Waals surface area contributed by atoms with E-state index in [1.165, 1.54) is 32.1 Å². The minimum atomic E-state index is -0.174. The third-order valence-electron chi connectivity index (χ3n) is 8.71. The van der Waals surface area contributed by atoms with Crippen LogP contribution in [-0.2, 0) is 0 Å². The van der Waals surface area contributed by atoms with Crippen LogP contribution in [0, 0.1) is 41.9 Å². The average molecular weight is 514 g/mol. The lowest BCUT2D eigenvalue weighted by Crippen LogP contribution is -2.55. The Kier molecular flexibility index (Phi) is 6.52. The number of hydrogen-bond acceptors (Lipinski definition) is 4. The highest BCUT2D eigenvalue weighted by Crippen LogP contribution is 2.53. The largest absolute Gasteiger partial charge is 0.349 e. The Bertz CT molecular complexity index is 1310. The first kappa shape index (κ1) is 24.2. The molecular formula is C30H32ClN5O. The summed E-state index contributed by atoms with van der Waals surface area (Å²) in [6, 6.07) is 17.5. The average Bonchev–Trinajstić information content (AvgIpc) is 3.25. The molecule has 0 radical (unpaired) electrons. The van der Waals surface area contributed by atoms with E-state index in [4.69, 9.17) is 16.7 Å². The van der Waals surface area contributed by atoms with E-state index in [0.29, 0.717) is 28.9 Å². The Morgan fingerprint density at radius 2 is 1.65 bits per heavy atom. The van der Waals surface area contributed by atoms with E-state index in [1.54, 1.807) is 16.8 Å². The van der Waals surface area contributed by atoms with Gasteiger partial charge in [0.2, 0.25) is 0 Å². The number of amides is 1. The van der Waals surface area contributed by atoms with Crippen LogP contribution in [0.1, 0.15) is 53.7 Å². The van der Waals surface area contributed by atoms with Gasteiger partial charge in [0.25, 0.3) is 5.91 Å². The molecule has 1 amide bonds. The van der Waals surface area contributed by atoms with Crippen molar-refractivity contribution in [1.82, 2.24) is 20.4 Å². The Labute approximate surface area is 223 Å². The molecule has 4 bridgehead atoms. The molecule has 1 aromatic heterocycles. The quantitative estimate of drug-likeness (QED) is 0.408. The molecule has 0 saturated heterocycles. The lowest BCUT2D eigenvalue weighted by molar-refractivity contribution is -0.0133. The second kappa shape index (κ2) is 9.96. The summed E-state index contributed by atoms with van der Waals surface area (Å²) in [5, 5.41) is 21.4. The summed E-state index contributed by atoms with van der Waals surface area (Å²) in [6.45, 7) is 3.28. The third-order valence-corrected chi connectivity index (χ3v) is 8.97. The van der Waals surface area contributed by atoms with E-state index in [2.05, 4.69) is 16.7 Å². The number of benzene rings is 2. The summed E-state index contributed by atoms with van der Waals surface area (Å²) in [7, 11) is 0. The van der Waals surface area contributed by atoms with Crippen molar-refractivity contribution in [2.45, 2.75) is 45.1 Å². The van der Waals surface area contributed by atoms with Gasteiger partial charge < -0.3 is 10.6 Å². The molecule has 190 valence electrons. The van der Waals surface area contributed by atoms with E-state index in [0.717, 1.165) is 52.7 Å². The Hall–Kier alpha value is -3.14. The van der Waals surface area contributed by atoms with Crippen molar-refractivity contribution in [3.8, 4) is 23.0 Å². The number of carbonyl (C=O) groups is 1. The normalized spacial score (nSPS) is 25.7. The maximum atomic E-state index is 13.3. The summed E-state index contributed by atoms with van der Waals surface area (Å²) in [6.07, 6.45) is 7.00. The van der Waals surface area contributed by atoms with E-state index in [1.807, 2.05) is 43.3 Å². The van der Waals surface area contributed by atoms with E-state index in [-0.39, 0.29) is 5.91 Å². The van der Waals surface area contributed by atoms with Gasteiger partial charge in [0.15, 0.2) is 5.69 Å². The van der Waals surface area contributed by atoms with Gasteiger partial charge in [-0.3, -0.25) is 4.79 Å². The summed E-state index contributed by atoms with van der Waals surface area (Å²) in [5.74, 6) is 3.39. The standard InChI is InChI=1S/C30H32ClN5O/c1-18-27(30(37)34-11-10-33-28-23-13-20-12-21(15-23)16-24(28)14-20)35-36(26-8-2-19(17-32)3-9-26)29(18)22-4-6-25(31)7-5-22/h2-9,20-21,23-24,28,33H,10-16H2,1H3,(H,34,37). The molecule has 1 heterocycles. The second-order valence-corrected chi connectivity index (χ2v) is 11.5. The van der Waals surface area contributed by atoms with E-state index in [9.17, 15) is 10.1 Å². The highest BCUT2D eigenvalue weighted by atomic mass is 35.5. The van der Waals surface area contributed by atoms with Crippen LogP contribution in [0.5, 0.6) is 0 Å². The van der Waals surface area contributed by atoms with Crippen LogP contribution in [0.15, 0.2) is 48.5 Å². The number of halogens is 1. The fourth-order valence-corrected chi connectivity index (χ4v) is 7.41. The van der Waals surface area contributed by atoms with Crippen LogP contribution in [0.3, 0.4) is 0 Å². The zero-order chi connectivity index (χ0) is 25.5.